The van der Waals surface area contributed by atoms with Crippen LogP contribution in [0.3, 0.4) is 0 Å². The number of nitrogens with zero attached hydrogens (tertiary/aromatic N) is 3. The van der Waals surface area contributed by atoms with Gasteiger partial charge in [-0.15, -0.1) is 0 Å². The Morgan fingerprint density at radius 1 is 1.29 bits per heavy atom. The van der Waals surface area contributed by atoms with Crippen molar-refractivity contribution < 1.29 is 22.8 Å². The third-order valence-electron chi connectivity index (χ3n) is 5.37. The van der Waals surface area contributed by atoms with Crippen LogP contribution in [0.15, 0.2) is 47.5 Å². The molecule has 1 saturated heterocycles. The predicted molar refractivity (Wildman–Crippen MR) is 112 cm³/mol. The van der Waals surface area contributed by atoms with E-state index >= 15 is 0 Å². The van der Waals surface area contributed by atoms with Gasteiger partial charge in [-0.25, -0.2) is 0 Å². The molecule has 6 nitrogen and oxygen atoms in total. The minimum atomic E-state index is -4.38. The smallest absolute Gasteiger partial charge is 0.346 e. The fourth-order valence-corrected chi connectivity index (χ4v) is 4.39. The van der Waals surface area contributed by atoms with Crippen LogP contribution in [0, 0.1) is 0 Å². The zero-order valence-electron chi connectivity index (χ0n) is 17.1. The molecule has 0 amide bonds. The van der Waals surface area contributed by atoms with Gasteiger partial charge in [0, 0.05) is 35.4 Å². The number of Topliss-reactive ketones (excluding diaryl/α,β-unsaturated/α-hetero) is 1. The van der Waals surface area contributed by atoms with E-state index in [1.165, 1.54) is 24.3 Å². The van der Waals surface area contributed by atoms with Crippen molar-refractivity contribution in [1.82, 2.24) is 9.88 Å². The van der Waals surface area contributed by atoms with Crippen LogP contribution in [-0.2, 0) is 22.7 Å². The number of carbonyl (C=O) groups excluding carboxylic acids is 2. The van der Waals surface area contributed by atoms with E-state index in [-0.39, 0.29) is 16.7 Å². The molecule has 3 rings (SSSR count). The third kappa shape index (κ3) is 5.25. The standard InChI is InChI=1S/C21H23F3N4O2S/c1-20(2)19(18(30)12-29)28(16-3-5-17(6-4-16)31-21(22,23)24)13-27(20)11-14-7-8-26-15(9-14)10-25/h3-9,12,19H,10-11,13,25H2,1-2H3. The second kappa shape index (κ2) is 8.97. The molecule has 1 fully saturated rings. The van der Waals surface area contributed by atoms with Crippen molar-refractivity contribution in [2.75, 3.05) is 11.6 Å². The fraction of sp³-hybridized carbons (Fsp3) is 0.381. The molecule has 1 aliphatic rings. The fourth-order valence-electron chi connectivity index (χ4n) is 3.85. The first kappa shape index (κ1) is 23.2. The van der Waals surface area contributed by atoms with Gasteiger partial charge < -0.3 is 10.6 Å². The molecule has 0 bridgehead atoms. The van der Waals surface area contributed by atoms with Crippen LogP contribution < -0.4 is 10.6 Å². The molecule has 166 valence electrons. The van der Waals surface area contributed by atoms with Gasteiger partial charge in [-0.2, -0.15) is 13.2 Å². The van der Waals surface area contributed by atoms with Gasteiger partial charge in [0.25, 0.3) is 0 Å². The Morgan fingerprint density at radius 3 is 2.55 bits per heavy atom. The van der Waals surface area contributed by atoms with E-state index in [1.54, 1.807) is 11.1 Å². The molecule has 10 heteroatoms. The number of carbonyl (C=O) groups is 2. The van der Waals surface area contributed by atoms with Crippen LogP contribution in [-0.4, -0.2) is 45.7 Å². The SMILES string of the molecule is CC1(C)C(C(=O)C=O)N(c2ccc(SC(F)(F)F)cc2)CN1Cc1ccnc(CN)c1. The topological polar surface area (TPSA) is 79.5 Å². The van der Waals surface area contributed by atoms with E-state index in [1.807, 2.05) is 30.9 Å². The molecule has 31 heavy (non-hydrogen) atoms. The molecule has 1 aliphatic heterocycles. The number of anilines is 1. The number of hydrogen-bond acceptors (Lipinski definition) is 7. The highest BCUT2D eigenvalue weighted by atomic mass is 32.2. The molecule has 2 heterocycles. The summed E-state index contributed by atoms with van der Waals surface area (Å²) in [5.41, 5.74) is 2.85. The lowest BCUT2D eigenvalue weighted by atomic mass is 9.90. The number of rotatable bonds is 7. The number of alkyl halides is 3. The second-order valence-corrected chi connectivity index (χ2v) is 8.93. The number of halogens is 3. The molecule has 1 atom stereocenters. The highest BCUT2D eigenvalue weighted by molar-refractivity contribution is 8.00. The monoisotopic (exact) mass is 452 g/mol. The molecule has 0 radical (unpaired) electrons. The zero-order valence-corrected chi connectivity index (χ0v) is 17.9. The molecule has 2 N–H and O–H groups in total. The van der Waals surface area contributed by atoms with Gasteiger partial charge in [0.1, 0.15) is 6.04 Å². The van der Waals surface area contributed by atoms with Crippen molar-refractivity contribution in [2.45, 2.75) is 48.9 Å². The van der Waals surface area contributed by atoms with E-state index in [0.29, 0.717) is 31.7 Å². The second-order valence-electron chi connectivity index (χ2n) is 7.79. The Balaban J connectivity index is 1.90. The Hall–Kier alpha value is -2.43. The van der Waals surface area contributed by atoms with Gasteiger partial charge in [0.05, 0.1) is 12.4 Å². The first-order valence-corrected chi connectivity index (χ1v) is 10.4. The zero-order chi connectivity index (χ0) is 22.8. The summed E-state index contributed by atoms with van der Waals surface area (Å²) < 4.78 is 37.9. The molecular weight excluding hydrogens is 429 g/mol. The Labute approximate surface area is 182 Å². The summed E-state index contributed by atoms with van der Waals surface area (Å²) in [6.07, 6.45) is 1.97. The average Bonchev–Trinajstić information content (AvgIpc) is 2.97. The summed E-state index contributed by atoms with van der Waals surface area (Å²) in [4.78, 5) is 32.0. The predicted octanol–water partition coefficient (Wildman–Crippen LogP) is 3.35. The quantitative estimate of drug-likeness (QED) is 0.392. The number of aldehydes is 1. The average molecular weight is 453 g/mol. The summed E-state index contributed by atoms with van der Waals surface area (Å²) in [7, 11) is 0. The third-order valence-corrected chi connectivity index (χ3v) is 6.11. The van der Waals surface area contributed by atoms with E-state index in [0.717, 1.165) is 11.3 Å². The van der Waals surface area contributed by atoms with Crippen molar-refractivity contribution >= 4 is 29.5 Å². The molecule has 0 saturated carbocycles. The summed E-state index contributed by atoms with van der Waals surface area (Å²) in [5.74, 6) is -0.585. The van der Waals surface area contributed by atoms with E-state index in [9.17, 15) is 22.8 Å². The number of nitrogens with two attached hydrogens (primary N) is 1. The minimum absolute atomic E-state index is 0.0518. The highest BCUT2D eigenvalue weighted by Crippen LogP contribution is 2.39. The van der Waals surface area contributed by atoms with Crippen molar-refractivity contribution in [1.29, 1.82) is 0 Å². The van der Waals surface area contributed by atoms with Crippen LogP contribution >= 0.6 is 11.8 Å². The number of pyridine rings is 1. The van der Waals surface area contributed by atoms with Crippen LogP contribution in [0.2, 0.25) is 0 Å². The lowest BCUT2D eigenvalue weighted by Gasteiger charge is -2.34. The summed E-state index contributed by atoms with van der Waals surface area (Å²) >= 11 is -0.199. The molecule has 1 aromatic heterocycles. The van der Waals surface area contributed by atoms with Crippen molar-refractivity contribution in [3.05, 3.63) is 53.9 Å². The maximum Gasteiger partial charge on any atom is 0.446 e. The largest absolute Gasteiger partial charge is 0.446 e. The molecule has 0 spiro atoms. The maximum atomic E-state index is 12.6. The van der Waals surface area contributed by atoms with Crippen molar-refractivity contribution in [2.24, 2.45) is 5.73 Å². The van der Waals surface area contributed by atoms with Gasteiger partial charge in [-0.05, 0) is 67.6 Å². The van der Waals surface area contributed by atoms with E-state index in [4.69, 9.17) is 5.73 Å². The summed E-state index contributed by atoms with van der Waals surface area (Å²) in [6, 6.07) is 8.78. The number of benzene rings is 1. The molecular formula is C21H23F3N4O2S. The summed E-state index contributed by atoms with van der Waals surface area (Å²) in [5, 5.41) is 0. The summed E-state index contributed by atoms with van der Waals surface area (Å²) in [6.45, 7) is 4.86. The molecule has 1 aromatic carbocycles. The van der Waals surface area contributed by atoms with E-state index in [2.05, 4.69) is 4.98 Å². The van der Waals surface area contributed by atoms with Crippen LogP contribution in [0.1, 0.15) is 25.1 Å². The number of hydrogen-bond donors (Lipinski definition) is 1. The highest BCUT2D eigenvalue weighted by Gasteiger charge is 2.50. The van der Waals surface area contributed by atoms with Crippen molar-refractivity contribution in [3.8, 4) is 0 Å². The van der Waals surface area contributed by atoms with Gasteiger partial charge in [-0.3, -0.25) is 19.5 Å². The van der Waals surface area contributed by atoms with Crippen LogP contribution in [0.5, 0.6) is 0 Å². The van der Waals surface area contributed by atoms with Gasteiger partial charge in [-0.1, -0.05) is 0 Å². The van der Waals surface area contributed by atoms with E-state index < -0.39 is 22.9 Å². The molecule has 0 aliphatic carbocycles. The first-order chi connectivity index (χ1) is 14.5. The number of ketones is 1. The Bertz CT molecular complexity index is 950. The first-order valence-electron chi connectivity index (χ1n) is 9.55. The number of thioether (sulfide) groups is 1. The van der Waals surface area contributed by atoms with Crippen molar-refractivity contribution in [3.63, 3.8) is 0 Å². The lowest BCUT2D eigenvalue weighted by molar-refractivity contribution is -0.131. The van der Waals surface area contributed by atoms with Crippen LogP contribution in [0.4, 0.5) is 18.9 Å². The van der Waals surface area contributed by atoms with Gasteiger partial charge >= 0.3 is 5.51 Å². The Morgan fingerprint density at radius 2 is 1.97 bits per heavy atom. The minimum Gasteiger partial charge on any atom is -0.346 e. The van der Waals surface area contributed by atoms with Gasteiger partial charge in [0.2, 0.25) is 5.78 Å². The lowest BCUT2D eigenvalue weighted by Crippen LogP contribution is -2.51. The normalized spacial score (nSPS) is 18.9. The van der Waals surface area contributed by atoms with Crippen LogP contribution in [0.25, 0.3) is 0 Å². The molecule has 1 unspecified atom stereocenters. The number of aromatic nitrogens is 1. The van der Waals surface area contributed by atoms with Gasteiger partial charge in [0.15, 0.2) is 6.29 Å². The maximum absolute atomic E-state index is 12.6. The molecule has 2 aromatic rings. The Kier molecular flexibility index (Phi) is 6.73.